The van der Waals surface area contributed by atoms with Crippen molar-refractivity contribution in [3.8, 4) is 5.88 Å². The second kappa shape index (κ2) is 7.25. The van der Waals surface area contributed by atoms with Gasteiger partial charge in [0.15, 0.2) is 0 Å². The van der Waals surface area contributed by atoms with Gasteiger partial charge in [-0.3, -0.25) is 9.78 Å². The Balaban J connectivity index is 1.71. The average Bonchev–Trinajstić information content (AvgIpc) is 2.87. The third-order valence-electron chi connectivity index (χ3n) is 4.02. The van der Waals surface area contributed by atoms with Crippen LogP contribution in [0, 0.1) is 6.92 Å². The van der Waals surface area contributed by atoms with Crippen molar-refractivity contribution >= 4 is 11.9 Å². The van der Waals surface area contributed by atoms with E-state index in [4.69, 9.17) is 4.74 Å². The summed E-state index contributed by atoms with van der Waals surface area (Å²) in [7, 11) is 1.60. The van der Waals surface area contributed by atoms with E-state index in [-0.39, 0.29) is 5.91 Å². The molecule has 0 N–H and O–H groups in total. The van der Waals surface area contributed by atoms with Crippen LogP contribution in [-0.2, 0) is 0 Å². The number of amides is 1. The molecule has 0 aliphatic carbocycles. The number of carbonyl (C=O) groups is 1. The van der Waals surface area contributed by atoms with Crippen LogP contribution >= 0.6 is 0 Å². The van der Waals surface area contributed by atoms with E-state index in [2.05, 4.69) is 19.9 Å². The lowest BCUT2D eigenvalue weighted by molar-refractivity contribution is 0.0767. The molecule has 1 fully saturated rings. The number of pyridine rings is 1. The van der Waals surface area contributed by atoms with Crippen LogP contribution < -0.4 is 9.64 Å². The number of anilines is 1. The maximum atomic E-state index is 12.6. The molecular formula is C17H21N5O2. The van der Waals surface area contributed by atoms with E-state index >= 15 is 0 Å². The van der Waals surface area contributed by atoms with Gasteiger partial charge in [-0.2, -0.15) is 4.98 Å². The van der Waals surface area contributed by atoms with Crippen molar-refractivity contribution < 1.29 is 9.53 Å². The second-order valence-corrected chi connectivity index (χ2v) is 5.72. The third kappa shape index (κ3) is 3.61. The van der Waals surface area contributed by atoms with E-state index in [9.17, 15) is 4.79 Å². The van der Waals surface area contributed by atoms with Crippen LogP contribution in [-0.4, -0.2) is 59.0 Å². The van der Waals surface area contributed by atoms with Crippen molar-refractivity contribution in [2.45, 2.75) is 13.3 Å². The molecule has 7 nitrogen and oxygen atoms in total. The van der Waals surface area contributed by atoms with Crippen molar-refractivity contribution in [2.75, 3.05) is 38.2 Å². The number of ether oxygens (including phenoxy) is 1. The molecule has 1 saturated heterocycles. The highest BCUT2D eigenvalue weighted by molar-refractivity contribution is 5.94. The zero-order chi connectivity index (χ0) is 16.9. The Morgan fingerprint density at radius 2 is 1.92 bits per heavy atom. The van der Waals surface area contributed by atoms with E-state index in [1.165, 1.54) is 0 Å². The summed E-state index contributed by atoms with van der Waals surface area (Å²) in [6.07, 6.45) is 4.16. The molecule has 0 radical (unpaired) electrons. The second-order valence-electron chi connectivity index (χ2n) is 5.72. The molecule has 1 aliphatic heterocycles. The Labute approximate surface area is 141 Å². The molecule has 0 atom stereocenters. The van der Waals surface area contributed by atoms with Gasteiger partial charge in [0.05, 0.1) is 7.11 Å². The van der Waals surface area contributed by atoms with Gasteiger partial charge >= 0.3 is 0 Å². The maximum absolute atomic E-state index is 12.6. The summed E-state index contributed by atoms with van der Waals surface area (Å²) in [4.78, 5) is 29.4. The monoisotopic (exact) mass is 327 g/mol. The summed E-state index contributed by atoms with van der Waals surface area (Å²) in [5, 5.41) is 0. The van der Waals surface area contributed by atoms with E-state index in [0.29, 0.717) is 30.5 Å². The highest BCUT2D eigenvalue weighted by Crippen LogP contribution is 2.17. The minimum Gasteiger partial charge on any atom is -0.481 e. The van der Waals surface area contributed by atoms with Crippen LogP contribution in [0.25, 0.3) is 0 Å². The largest absolute Gasteiger partial charge is 0.481 e. The first-order valence-electron chi connectivity index (χ1n) is 8.01. The van der Waals surface area contributed by atoms with Crippen molar-refractivity contribution in [3.05, 3.63) is 41.9 Å². The number of rotatable bonds is 3. The maximum Gasteiger partial charge on any atom is 0.254 e. The summed E-state index contributed by atoms with van der Waals surface area (Å²) in [6, 6.07) is 5.31. The van der Waals surface area contributed by atoms with Crippen molar-refractivity contribution in [1.29, 1.82) is 0 Å². The number of nitrogens with zero attached hydrogens (tertiary/aromatic N) is 5. The van der Waals surface area contributed by atoms with Gasteiger partial charge in [0, 0.05) is 55.9 Å². The van der Waals surface area contributed by atoms with Crippen molar-refractivity contribution in [2.24, 2.45) is 0 Å². The molecule has 1 aliphatic rings. The Hall–Kier alpha value is -2.70. The van der Waals surface area contributed by atoms with Gasteiger partial charge in [-0.1, -0.05) is 0 Å². The number of aryl methyl sites for hydroxylation is 1. The van der Waals surface area contributed by atoms with E-state index < -0.39 is 0 Å². The summed E-state index contributed by atoms with van der Waals surface area (Å²) < 4.78 is 5.23. The zero-order valence-electron chi connectivity index (χ0n) is 14.0. The molecular weight excluding hydrogens is 306 g/mol. The lowest BCUT2D eigenvalue weighted by Crippen LogP contribution is -2.35. The van der Waals surface area contributed by atoms with E-state index in [0.717, 1.165) is 25.2 Å². The van der Waals surface area contributed by atoms with Crippen molar-refractivity contribution in [1.82, 2.24) is 19.9 Å². The molecule has 0 unspecified atom stereocenters. The summed E-state index contributed by atoms with van der Waals surface area (Å²) in [5.41, 5.74) is 1.54. The Morgan fingerprint density at radius 3 is 2.67 bits per heavy atom. The third-order valence-corrected chi connectivity index (χ3v) is 4.02. The first-order chi connectivity index (χ1) is 11.7. The summed E-state index contributed by atoms with van der Waals surface area (Å²) in [5.74, 6) is 1.26. The number of hydrogen-bond donors (Lipinski definition) is 0. The highest BCUT2D eigenvalue weighted by atomic mass is 16.5. The molecule has 1 amide bonds. The number of aromatic nitrogens is 3. The number of hydrogen-bond acceptors (Lipinski definition) is 6. The van der Waals surface area contributed by atoms with Gasteiger partial charge in [-0.05, 0) is 25.5 Å². The predicted molar refractivity (Wildman–Crippen MR) is 90.3 cm³/mol. The lowest BCUT2D eigenvalue weighted by atomic mass is 10.2. The fraction of sp³-hybridized carbons (Fsp3) is 0.412. The fourth-order valence-electron chi connectivity index (χ4n) is 2.77. The highest BCUT2D eigenvalue weighted by Gasteiger charge is 2.22. The van der Waals surface area contributed by atoms with Gasteiger partial charge in [-0.25, -0.2) is 4.98 Å². The van der Waals surface area contributed by atoms with Crippen LogP contribution in [0.1, 0.15) is 22.5 Å². The topological polar surface area (TPSA) is 71.5 Å². The quantitative estimate of drug-likeness (QED) is 0.851. The van der Waals surface area contributed by atoms with Gasteiger partial charge < -0.3 is 14.5 Å². The number of methoxy groups -OCH3 is 1. The summed E-state index contributed by atoms with van der Waals surface area (Å²) in [6.45, 7) is 4.79. The standard InChI is InChI=1S/C17H21N5O2/c1-13-12-15(24-2)20-17(19-13)22-9-3-8-21(10-11-22)16(23)14-4-6-18-7-5-14/h4-7,12H,3,8-11H2,1-2H3. The van der Waals surface area contributed by atoms with Crippen LogP contribution in [0.5, 0.6) is 5.88 Å². The van der Waals surface area contributed by atoms with Gasteiger partial charge in [0.2, 0.25) is 11.8 Å². The Kier molecular flexibility index (Phi) is 4.88. The first-order valence-corrected chi connectivity index (χ1v) is 8.01. The molecule has 24 heavy (non-hydrogen) atoms. The molecule has 3 rings (SSSR count). The van der Waals surface area contributed by atoms with Crippen LogP contribution in [0.3, 0.4) is 0 Å². The minimum absolute atomic E-state index is 0.0435. The molecule has 0 aromatic carbocycles. The van der Waals surface area contributed by atoms with E-state index in [1.807, 2.05) is 11.8 Å². The molecule has 3 heterocycles. The molecule has 0 bridgehead atoms. The minimum atomic E-state index is 0.0435. The molecule has 7 heteroatoms. The zero-order valence-corrected chi connectivity index (χ0v) is 14.0. The first kappa shape index (κ1) is 16.2. The van der Waals surface area contributed by atoms with Crippen molar-refractivity contribution in [3.63, 3.8) is 0 Å². The Bertz CT molecular complexity index is 707. The molecule has 2 aromatic rings. The average molecular weight is 327 g/mol. The molecule has 0 spiro atoms. The summed E-state index contributed by atoms with van der Waals surface area (Å²) >= 11 is 0. The van der Waals surface area contributed by atoms with Crippen LogP contribution in [0.2, 0.25) is 0 Å². The predicted octanol–water partition coefficient (Wildman–Crippen LogP) is 1.54. The SMILES string of the molecule is COc1cc(C)nc(N2CCCN(C(=O)c3ccncc3)CC2)n1. The molecule has 126 valence electrons. The molecule has 2 aromatic heterocycles. The fourth-order valence-corrected chi connectivity index (χ4v) is 2.77. The number of carbonyl (C=O) groups excluding carboxylic acids is 1. The smallest absolute Gasteiger partial charge is 0.254 e. The van der Waals surface area contributed by atoms with Gasteiger partial charge in [0.25, 0.3) is 5.91 Å². The lowest BCUT2D eigenvalue weighted by Gasteiger charge is -2.22. The van der Waals surface area contributed by atoms with Gasteiger partial charge in [0.1, 0.15) is 0 Å². The Morgan fingerprint density at radius 1 is 1.12 bits per heavy atom. The van der Waals surface area contributed by atoms with Crippen LogP contribution in [0.4, 0.5) is 5.95 Å². The van der Waals surface area contributed by atoms with E-state index in [1.54, 1.807) is 37.7 Å². The molecule has 0 saturated carbocycles. The van der Waals surface area contributed by atoms with Crippen LogP contribution in [0.15, 0.2) is 30.6 Å². The van der Waals surface area contributed by atoms with Gasteiger partial charge in [-0.15, -0.1) is 0 Å². The normalized spacial score (nSPS) is 15.1.